The van der Waals surface area contributed by atoms with Crippen LogP contribution in [-0.2, 0) is 4.79 Å². The molecule has 2 rings (SSSR count). The van der Waals surface area contributed by atoms with Crippen molar-refractivity contribution in [2.24, 2.45) is 11.1 Å². The summed E-state index contributed by atoms with van der Waals surface area (Å²) < 4.78 is 0. The first kappa shape index (κ1) is 14.4. The number of carbonyl (C=O) groups is 1. The summed E-state index contributed by atoms with van der Waals surface area (Å²) in [5.41, 5.74) is 6.70. The van der Waals surface area contributed by atoms with E-state index in [1.54, 1.807) is 12.1 Å². The molecule has 1 aliphatic rings. The third-order valence-corrected chi connectivity index (χ3v) is 4.26. The van der Waals surface area contributed by atoms with Crippen LogP contribution in [0.25, 0.3) is 0 Å². The number of hydrogen-bond acceptors (Lipinski definition) is 2. The summed E-state index contributed by atoms with van der Waals surface area (Å²) in [6, 6.07) is 7.18. The highest BCUT2D eigenvalue weighted by Gasteiger charge is 2.32. The van der Waals surface area contributed by atoms with E-state index in [0.717, 1.165) is 18.5 Å². The molecule has 0 unspecified atom stereocenters. The first-order valence-electron chi connectivity index (χ1n) is 6.89. The standard InChI is InChI=1S/C15H21ClN2O/c16-12-4-6-13(7-5-12)18-14(19)10-15(11-17)8-2-1-3-9-15/h4-7H,1-3,8-11,17H2,(H,18,19). The molecule has 0 bridgehead atoms. The second kappa shape index (κ2) is 6.40. The van der Waals surface area contributed by atoms with Crippen LogP contribution in [0.5, 0.6) is 0 Å². The van der Waals surface area contributed by atoms with Gasteiger partial charge in [-0.3, -0.25) is 4.79 Å². The fourth-order valence-corrected chi connectivity index (χ4v) is 2.96. The maximum atomic E-state index is 12.1. The second-order valence-electron chi connectivity index (χ2n) is 5.50. The van der Waals surface area contributed by atoms with Crippen molar-refractivity contribution in [2.75, 3.05) is 11.9 Å². The Morgan fingerprint density at radius 1 is 1.21 bits per heavy atom. The summed E-state index contributed by atoms with van der Waals surface area (Å²) in [5.74, 6) is 0.0506. The van der Waals surface area contributed by atoms with Gasteiger partial charge in [-0.25, -0.2) is 0 Å². The van der Waals surface area contributed by atoms with Crippen LogP contribution in [0, 0.1) is 5.41 Å². The molecule has 1 saturated carbocycles. The van der Waals surface area contributed by atoms with E-state index in [0.29, 0.717) is 18.0 Å². The van der Waals surface area contributed by atoms with Gasteiger partial charge in [0, 0.05) is 17.1 Å². The van der Waals surface area contributed by atoms with Crippen LogP contribution in [0.1, 0.15) is 38.5 Å². The second-order valence-corrected chi connectivity index (χ2v) is 5.93. The zero-order valence-corrected chi connectivity index (χ0v) is 11.9. The summed E-state index contributed by atoms with van der Waals surface area (Å²) >= 11 is 5.82. The molecule has 0 saturated heterocycles. The molecular weight excluding hydrogens is 260 g/mol. The average Bonchev–Trinajstić information content (AvgIpc) is 2.42. The van der Waals surface area contributed by atoms with Crippen LogP contribution in [0.2, 0.25) is 5.02 Å². The Kier molecular flexibility index (Phi) is 4.83. The van der Waals surface area contributed by atoms with Crippen molar-refractivity contribution in [1.82, 2.24) is 0 Å². The number of nitrogens with one attached hydrogen (secondary N) is 1. The summed E-state index contributed by atoms with van der Waals surface area (Å²) in [6.45, 7) is 0.598. The minimum Gasteiger partial charge on any atom is -0.330 e. The van der Waals surface area contributed by atoms with Crippen LogP contribution in [0.3, 0.4) is 0 Å². The number of hydrogen-bond donors (Lipinski definition) is 2. The molecule has 1 aromatic carbocycles. The largest absolute Gasteiger partial charge is 0.330 e. The van der Waals surface area contributed by atoms with E-state index in [1.165, 1.54) is 19.3 Å². The molecule has 0 radical (unpaired) electrons. The molecule has 1 aromatic rings. The molecular formula is C15H21ClN2O. The molecule has 1 fully saturated rings. The third kappa shape index (κ3) is 3.95. The van der Waals surface area contributed by atoms with Gasteiger partial charge < -0.3 is 11.1 Å². The average molecular weight is 281 g/mol. The van der Waals surface area contributed by atoms with E-state index in [2.05, 4.69) is 5.32 Å². The highest BCUT2D eigenvalue weighted by atomic mass is 35.5. The Bertz CT molecular complexity index is 424. The van der Waals surface area contributed by atoms with E-state index in [9.17, 15) is 4.79 Å². The van der Waals surface area contributed by atoms with Crippen molar-refractivity contribution in [1.29, 1.82) is 0 Å². The van der Waals surface area contributed by atoms with Gasteiger partial charge >= 0.3 is 0 Å². The lowest BCUT2D eigenvalue weighted by molar-refractivity contribution is -0.118. The van der Waals surface area contributed by atoms with Gasteiger partial charge in [-0.05, 0) is 49.1 Å². The molecule has 1 amide bonds. The van der Waals surface area contributed by atoms with Gasteiger partial charge in [0.2, 0.25) is 5.91 Å². The number of anilines is 1. The van der Waals surface area contributed by atoms with Crippen molar-refractivity contribution in [3.63, 3.8) is 0 Å². The highest BCUT2D eigenvalue weighted by molar-refractivity contribution is 6.30. The molecule has 4 heteroatoms. The van der Waals surface area contributed by atoms with E-state index in [4.69, 9.17) is 17.3 Å². The monoisotopic (exact) mass is 280 g/mol. The molecule has 104 valence electrons. The molecule has 1 aliphatic carbocycles. The van der Waals surface area contributed by atoms with Crippen LogP contribution in [-0.4, -0.2) is 12.5 Å². The van der Waals surface area contributed by atoms with Crippen LogP contribution in [0.4, 0.5) is 5.69 Å². The van der Waals surface area contributed by atoms with Gasteiger partial charge in [0.25, 0.3) is 0 Å². The van der Waals surface area contributed by atoms with Gasteiger partial charge in [-0.2, -0.15) is 0 Å². The maximum Gasteiger partial charge on any atom is 0.224 e. The fraction of sp³-hybridized carbons (Fsp3) is 0.533. The molecule has 0 atom stereocenters. The van der Waals surface area contributed by atoms with Crippen molar-refractivity contribution >= 4 is 23.2 Å². The van der Waals surface area contributed by atoms with Gasteiger partial charge in [-0.15, -0.1) is 0 Å². The van der Waals surface area contributed by atoms with E-state index >= 15 is 0 Å². The van der Waals surface area contributed by atoms with Crippen LogP contribution < -0.4 is 11.1 Å². The number of amides is 1. The zero-order valence-electron chi connectivity index (χ0n) is 11.1. The minimum absolute atomic E-state index is 0.00869. The molecule has 3 N–H and O–H groups in total. The SMILES string of the molecule is NCC1(CC(=O)Nc2ccc(Cl)cc2)CCCCC1. The van der Waals surface area contributed by atoms with Gasteiger partial charge in [0.05, 0.1) is 0 Å². The normalized spacial score (nSPS) is 18.0. The molecule has 0 spiro atoms. The van der Waals surface area contributed by atoms with Crippen molar-refractivity contribution in [2.45, 2.75) is 38.5 Å². The number of halogens is 1. The van der Waals surface area contributed by atoms with Crippen LogP contribution >= 0.6 is 11.6 Å². The number of carbonyl (C=O) groups excluding carboxylic acids is 1. The Balaban J connectivity index is 1.94. The van der Waals surface area contributed by atoms with Gasteiger partial charge in [-0.1, -0.05) is 30.9 Å². The van der Waals surface area contributed by atoms with Crippen molar-refractivity contribution < 1.29 is 4.79 Å². The number of nitrogens with two attached hydrogens (primary N) is 1. The van der Waals surface area contributed by atoms with Gasteiger partial charge in [0.1, 0.15) is 0 Å². The van der Waals surface area contributed by atoms with Gasteiger partial charge in [0.15, 0.2) is 0 Å². The Labute approximate surface area is 119 Å². The van der Waals surface area contributed by atoms with Crippen molar-refractivity contribution in [3.8, 4) is 0 Å². The molecule has 0 aliphatic heterocycles. The van der Waals surface area contributed by atoms with Crippen LogP contribution in [0.15, 0.2) is 24.3 Å². The lowest BCUT2D eigenvalue weighted by Gasteiger charge is -2.35. The summed E-state index contributed by atoms with van der Waals surface area (Å²) in [7, 11) is 0. The lowest BCUT2D eigenvalue weighted by atomic mass is 9.71. The summed E-state index contributed by atoms with van der Waals surface area (Å²) in [4.78, 5) is 12.1. The molecule has 0 aromatic heterocycles. The quantitative estimate of drug-likeness (QED) is 0.886. The predicted octanol–water partition coefficient (Wildman–Crippen LogP) is 3.58. The molecule has 0 heterocycles. The topological polar surface area (TPSA) is 55.1 Å². The first-order valence-corrected chi connectivity index (χ1v) is 7.27. The van der Waals surface area contributed by atoms with Crippen molar-refractivity contribution in [3.05, 3.63) is 29.3 Å². The Morgan fingerprint density at radius 3 is 2.42 bits per heavy atom. The maximum absolute atomic E-state index is 12.1. The smallest absolute Gasteiger partial charge is 0.224 e. The summed E-state index contributed by atoms with van der Waals surface area (Å²) in [6.07, 6.45) is 6.29. The first-order chi connectivity index (χ1) is 9.13. The third-order valence-electron chi connectivity index (χ3n) is 4.01. The zero-order chi connectivity index (χ0) is 13.7. The Morgan fingerprint density at radius 2 is 1.84 bits per heavy atom. The highest BCUT2D eigenvalue weighted by Crippen LogP contribution is 2.38. The molecule has 3 nitrogen and oxygen atoms in total. The van der Waals surface area contributed by atoms with E-state index < -0.39 is 0 Å². The van der Waals surface area contributed by atoms with E-state index in [1.807, 2.05) is 12.1 Å². The lowest BCUT2D eigenvalue weighted by Crippen LogP contribution is -2.36. The number of rotatable bonds is 4. The Hall–Kier alpha value is -1.06. The minimum atomic E-state index is 0.00869. The number of benzene rings is 1. The summed E-state index contributed by atoms with van der Waals surface area (Å²) in [5, 5.41) is 3.59. The van der Waals surface area contributed by atoms with E-state index in [-0.39, 0.29) is 11.3 Å². The molecule has 19 heavy (non-hydrogen) atoms. The predicted molar refractivity (Wildman–Crippen MR) is 79.3 cm³/mol. The fourth-order valence-electron chi connectivity index (χ4n) is 2.83.